The van der Waals surface area contributed by atoms with Crippen LogP contribution in [-0.2, 0) is 16.0 Å². The maximum Gasteiger partial charge on any atom is 0.323 e. The largest absolute Gasteiger partial charge is 0.495 e. The molecule has 0 bridgehead atoms. The number of hydrogen-bond acceptors (Lipinski definition) is 5. The minimum atomic E-state index is -0.824. The standard InChI is InChI=1S/C30H36N4O5/c1-20(15-29(36)37)18-34-14-8-7-10-24(19-34)22(3)31-28(35)17-23-12-13-26(27(16-23)39-4)33-30(38)32-25-11-6-5-9-21(25)2/h5-14,16,19-20,22H,15,17-18H2,1-4H3,(H,31,35)(H,36,37)(H2,32,33,38). The number of benzene rings is 2. The van der Waals surface area contributed by atoms with E-state index in [1.54, 1.807) is 18.2 Å². The van der Waals surface area contributed by atoms with Gasteiger partial charge in [-0.15, -0.1) is 0 Å². The van der Waals surface area contributed by atoms with Crippen LogP contribution in [0, 0.1) is 12.8 Å². The maximum atomic E-state index is 12.9. The molecule has 9 heteroatoms. The maximum absolute atomic E-state index is 12.9. The van der Waals surface area contributed by atoms with Crippen LogP contribution in [0.5, 0.6) is 5.75 Å². The van der Waals surface area contributed by atoms with Gasteiger partial charge in [0.05, 0.1) is 25.3 Å². The monoisotopic (exact) mass is 532 g/mol. The molecule has 2 aromatic rings. The number of amides is 3. The van der Waals surface area contributed by atoms with Crippen molar-refractivity contribution in [2.24, 2.45) is 5.92 Å². The number of nitrogens with one attached hydrogen (secondary N) is 3. The first-order valence-corrected chi connectivity index (χ1v) is 12.8. The molecule has 9 nitrogen and oxygen atoms in total. The van der Waals surface area contributed by atoms with Gasteiger partial charge in [-0.3, -0.25) is 9.59 Å². The Kier molecular flexibility index (Phi) is 10.3. The summed E-state index contributed by atoms with van der Waals surface area (Å²) in [5.74, 6) is -0.580. The minimum absolute atomic E-state index is 0.0337. The van der Waals surface area contributed by atoms with Crippen LogP contribution in [-0.4, -0.2) is 47.6 Å². The van der Waals surface area contributed by atoms with Gasteiger partial charge in [-0.1, -0.05) is 43.3 Å². The van der Waals surface area contributed by atoms with E-state index < -0.39 is 12.0 Å². The fourth-order valence-corrected chi connectivity index (χ4v) is 4.20. The molecule has 0 saturated carbocycles. The van der Waals surface area contributed by atoms with Gasteiger partial charge in [-0.05, 0) is 60.7 Å². The van der Waals surface area contributed by atoms with E-state index >= 15 is 0 Å². The number of carboxylic acids is 1. The molecule has 1 aliphatic heterocycles. The number of carbonyl (C=O) groups excluding carboxylic acids is 2. The number of methoxy groups -OCH3 is 1. The molecule has 0 aromatic heterocycles. The Hall–Kier alpha value is -4.53. The summed E-state index contributed by atoms with van der Waals surface area (Å²) < 4.78 is 5.46. The van der Waals surface area contributed by atoms with Crippen molar-refractivity contribution in [1.29, 1.82) is 0 Å². The summed E-state index contributed by atoms with van der Waals surface area (Å²) in [5.41, 5.74) is 3.77. The van der Waals surface area contributed by atoms with Gasteiger partial charge in [0.15, 0.2) is 0 Å². The van der Waals surface area contributed by atoms with E-state index in [1.165, 1.54) is 7.11 Å². The Bertz CT molecular complexity index is 1280. The Balaban J connectivity index is 1.59. The molecule has 2 aromatic carbocycles. The summed E-state index contributed by atoms with van der Waals surface area (Å²) in [6, 6.07) is 12.0. The van der Waals surface area contributed by atoms with E-state index in [2.05, 4.69) is 16.0 Å². The number of hydrogen-bond donors (Lipinski definition) is 4. The molecule has 3 rings (SSSR count). The number of urea groups is 1. The molecule has 3 amide bonds. The van der Waals surface area contributed by atoms with E-state index in [0.29, 0.717) is 23.7 Å². The summed E-state index contributed by atoms with van der Waals surface area (Å²) in [4.78, 5) is 38.3. The van der Waals surface area contributed by atoms with Crippen molar-refractivity contribution in [3.8, 4) is 5.75 Å². The van der Waals surface area contributed by atoms with Crippen LogP contribution in [0.4, 0.5) is 16.2 Å². The zero-order valence-corrected chi connectivity index (χ0v) is 22.7. The molecular weight excluding hydrogens is 496 g/mol. The van der Waals surface area contributed by atoms with Crippen LogP contribution < -0.4 is 20.7 Å². The highest BCUT2D eigenvalue weighted by Gasteiger charge is 2.16. The minimum Gasteiger partial charge on any atom is -0.495 e. The SMILES string of the molecule is COc1cc(CC(=O)NC(C)C2=CN(CC(C)CC(=O)O)C=CC=C2)ccc1NC(=O)Nc1ccccc1C. The fourth-order valence-electron chi connectivity index (χ4n) is 4.20. The van der Waals surface area contributed by atoms with Crippen molar-refractivity contribution in [1.82, 2.24) is 10.2 Å². The van der Waals surface area contributed by atoms with Crippen LogP contribution in [0.3, 0.4) is 0 Å². The first-order valence-electron chi connectivity index (χ1n) is 12.8. The third-order valence-electron chi connectivity index (χ3n) is 6.19. The van der Waals surface area contributed by atoms with Crippen LogP contribution in [0.25, 0.3) is 0 Å². The lowest BCUT2D eigenvalue weighted by molar-refractivity contribution is -0.138. The molecule has 0 spiro atoms. The summed E-state index contributed by atoms with van der Waals surface area (Å²) in [6.07, 6.45) is 9.73. The van der Waals surface area contributed by atoms with Gasteiger partial charge in [0.25, 0.3) is 0 Å². The molecule has 1 aliphatic rings. The van der Waals surface area contributed by atoms with E-state index in [4.69, 9.17) is 9.84 Å². The molecule has 0 aliphatic carbocycles. The molecule has 2 unspecified atom stereocenters. The summed E-state index contributed by atoms with van der Waals surface area (Å²) in [5, 5.41) is 17.7. The van der Waals surface area contributed by atoms with Gasteiger partial charge < -0.3 is 30.7 Å². The molecule has 2 atom stereocenters. The topological polar surface area (TPSA) is 120 Å². The Morgan fingerprint density at radius 2 is 1.77 bits per heavy atom. The predicted molar refractivity (Wildman–Crippen MR) is 153 cm³/mol. The van der Waals surface area contributed by atoms with Gasteiger partial charge in [-0.2, -0.15) is 0 Å². The van der Waals surface area contributed by atoms with Crippen molar-refractivity contribution in [3.05, 3.63) is 89.8 Å². The number of rotatable bonds is 11. The predicted octanol–water partition coefficient (Wildman–Crippen LogP) is 5.08. The smallest absolute Gasteiger partial charge is 0.323 e. The average Bonchev–Trinajstić information content (AvgIpc) is 3.11. The van der Waals surface area contributed by atoms with Crippen molar-refractivity contribution < 1.29 is 24.2 Å². The molecule has 39 heavy (non-hydrogen) atoms. The van der Waals surface area contributed by atoms with E-state index in [0.717, 1.165) is 16.7 Å². The number of allylic oxidation sites excluding steroid dienone is 2. The molecule has 0 saturated heterocycles. The summed E-state index contributed by atoms with van der Waals surface area (Å²) >= 11 is 0. The number of carbonyl (C=O) groups is 3. The number of carboxylic acid groups (broad SMARTS) is 1. The average molecular weight is 533 g/mol. The van der Waals surface area contributed by atoms with Gasteiger partial charge in [0.2, 0.25) is 5.91 Å². The van der Waals surface area contributed by atoms with Gasteiger partial charge in [0.1, 0.15) is 5.75 Å². The summed E-state index contributed by atoms with van der Waals surface area (Å²) in [7, 11) is 1.51. The van der Waals surface area contributed by atoms with Crippen LogP contribution in [0.2, 0.25) is 0 Å². The van der Waals surface area contributed by atoms with Crippen molar-refractivity contribution in [2.45, 2.75) is 39.7 Å². The second-order valence-electron chi connectivity index (χ2n) is 9.62. The normalized spacial score (nSPS) is 14.1. The number of nitrogens with zero attached hydrogens (tertiary/aromatic N) is 1. The van der Waals surface area contributed by atoms with Crippen molar-refractivity contribution >= 4 is 29.3 Å². The Morgan fingerprint density at radius 1 is 1.03 bits per heavy atom. The number of aryl methyl sites for hydroxylation is 1. The van der Waals surface area contributed by atoms with E-state index in [9.17, 15) is 14.4 Å². The van der Waals surface area contributed by atoms with E-state index in [1.807, 2.05) is 80.6 Å². The summed E-state index contributed by atoms with van der Waals surface area (Å²) in [6.45, 7) is 6.26. The fraction of sp³-hybridized carbons (Fsp3) is 0.300. The third kappa shape index (κ3) is 9.07. The van der Waals surface area contributed by atoms with Crippen LogP contribution in [0.1, 0.15) is 31.4 Å². The number of para-hydroxylation sites is 1. The molecule has 0 radical (unpaired) electrons. The Labute approximate surface area is 229 Å². The van der Waals surface area contributed by atoms with Gasteiger partial charge in [-0.25, -0.2) is 4.79 Å². The first-order chi connectivity index (χ1) is 18.6. The Morgan fingerprint density at radius 3 is 2.49 bits per heavy atom. The lowest BCUT2D eigenvalue weighted by atomic mass is 10.1. The second-order valence-corrected chi connectivity index (χ2v) is 9.62. The molecular formula is C30H36N4O5. The van der Waals surface area contributed by atoms with Gasteiger partial charge >= 0.3 is 12.0 Å². The highest BCUT2D eigenvalue weighted by atomic mass is 16.5. The first kappa shape index (κ1) is 29.0. The van der Waals surface area contributed by atoms with Crippen molar-refractivity contribution in [2.75, 3.05) is 24.3 Å². The van der Waals surface area contributed by atoms with Crippen LogP contribution >= 0.6 is 0 Å². The highest BCUT2D eigenvalue weighted by molar-refractivity contribution is 6.01. The number of ether oxygens (including phenoxy) is 1. The van der Waals surface area contributed by atoms with E-state index in [-0.39, 0.29) is 30.7 Å². The lowest BCUT2D eigenvalue weighted by Gasteiger charge is -2.22. The second kappa shape index (κ2) is 13.9. The highest BCUT2D eigenvalue weighted by Crippen LogP contribution is 2.26. The molecule has 206 valence electrons. The lowest BCUT2D eigenvalue weighted by Crippen LogP contribution is -2.35. The third-order valence-corrected chi connectivity index (χ3v) is 6.19. The number of anilines is 2. The molecule has 1 heterocycles. The zero-order valence-electron chi connectivity index (χ0n) is 22.7. The van der Waals surface area contributed by atoms with Crippen LogP contribution in [0.15, 0.2) is 78.7 Å². The van der Waals surface area contributed by atoms with Gasteiger partial charge in [0, 0.05) is 31.1 Å². The zero-order chi connectivity index (χ0) is 28.4. The molecule has 0 fully saturated rings. The quantitative estimate of drug-likeness (QED) is 0.321. The van der Waals surface area contributed by atoms with Crippen molar-refractivity contribution in [3.63, 3.8) is 0 Å². The molecule has 4 N–H and O–H groups in total. The number of aliphatic carboxylic acids is 1.